The zero-order valence-corrected chi connectivity index (χ0v) is 13.3. The van der Waals surface area contributed by atoms with Crippen LogP contribution >= 0.6 is 0 Å². The van der Waals surface area contributed by atoms with Gasteiger partial charge in [0.2, 0.25) is 0 Å². The molecule has 2 aromatic rings. The molecule has 1 N–H and O–H groups in total. The fraction of sp³-hybridized carbons (Fsp3) is 0.333. The molecule has 0 aliphatic carbocycles. The van der Waals surface area contributed by atoms with Gasteiger partial charge in [0.05, 0.1) is 0 Å². The molecule has 0 aliphatic rings. The van der Waals surface area contributed by atoms with Gasteiger partial charge < -0.3 is 10.1 Å². The Labute approximate surface area is 131 Å². The van der Waals surface area contributed by atoms with E-state index in [0.29, 0.717) is 13.0 Å². The lowest BCUT2D eigenvalue weighted by Crippen LogP contribution is -2.37. The molecule has 0 saturated carbocycles. The molecule has 2 rings (SSSR count). The van der Waals surface area contributed by atoms with E-state index in [9.17, 15) is 4.79 Å². The van der Waals surface area contributed by atoms with E-state index < -0.39 is 6.10 Å². The number of carbonyl (C=O) groups is 1. The van der Waals surface area contributed by atoms with Crippen molar-refractivity contribution in [2.45, 2.75) is 39.8 Å². The number of hydrogen-bond donors (Lipinski definition) is 1. The van der Waals surface area contributed by atoms with Gasteiger partial charge in [0.25, 0.3) is 5.91 Å². The highest BCUT2D eigenvalue weighted by Gasteiger charge is 2.18. The van der Waals surface area contributed by atoms with E-state index in [0.717, 1.165) is 16.9 Å². The lowest BCUT2D eigenvalue weighted by Gasteiger charge is -2.18. The fourth-order valence-corrected chi connectivity index (χ4v) is 2.08. The highest BCUT2D eigenvalue weighted by molar-refractivity contribution is 5.81. The van der Waals surface area contributed by atoms with Crippen molar-refractivity contribution in [2.75, 3.05) is 0 Å². The maximum atomic E-state index is 12.2. The molecule has 1 aromatic heterocycles. The van der Waals surface area contributed by atoms with Crippen LogP contribution in [0.25, 0.3) is 0 Å². The number of ether oxygens (including phenoxy) is 1. The SMILES string of the molecule is CC[C@H](Oc1ccc(C)c(C)c1)C(=O)NCc1cccnc1. The molecule has 1 amide bonds. The summed E-state index contributed by atoms with van der Waals surface area (Å²) in [4.78, 5) is 16.3. The lowest BCUT2D eigenvalue weighted by atomic mass is 10.1. The number of aromatic nitrogens is 1. The first kappa shape index (κ1) is 16.0. The van der Waals surface area contributed by atoms with Crippen LogP contribution in [0.5, 0.6) is 5.75 Å². The summed E-state index contributed by atoms with van der Waals surface area (Å²) in [6.07, 6.45) is 3.58. The van der Waals surface area contributed by atoms with Crippen molar-refractivity contribution in [3.8, 4) is 5.75 Å². The summed E-state index contributed by atoms with van der Waals surface area (Å²) in [5, 5.41) is 2.89. The molecule has 1 aromatic carbocycles. The first-order valence-electron chi connectivity index (χ1n) is 7.50. The Morgan fingerprint density at radius 2 is 2.09 bits per heavy atom. The topological polar surface area (TPSA) is 51.2 Å². The average Bonchev–Trinajstić information content (AvgIpc) is 2.54. The average molecular weight is 298 g/mol. The molecule has 4 nitrogen and oxygen atoms in total. The van der Waals surface area contributed by atoms with Gasteiger partial charge in [-0.2, -0.15) is 0 Å². The predicted octanol–water partition coefficient (Wildman–Crippen LogP) is 3.17. The van der Waals surface area contributed by atoms with Gasteiger partial charge in [0, 0.05) is 18.9 Å². The number of rotatable bonds is 6. The summed E-state index contributed by atoms with van der Waals surface area (Å²) in [5.41, 5.74) is 3.33. The van der Waals surface area contributed by atoms with Crippen molar-refractivity contribution in [2.24, 2.45) is 0 Å². The summed E-state index contributed by atoms with van der Waals surface area (Å²) in [7, 11) is 0. The normalized spacial score (nSPS) is 11.8. The van der Waals surface area contributed by atoms with Gasteiger partial charge in [-0.25, -0.2) is 0 Å². The molecular formula is C18H22N2O2. The van der Waals surface area contributed by atoms with Crippen molar-refractivity contribution < 1.29 is 9.53 Å². The van der Waals surface area contributed by atoms with Crippen LogP contribution in [0, 0.1) is 13.8 Å². The molecule has 0 saturated heterocycles. The number of amides is 1. The third kappa shape index (κ3) is 4.32. The van der Waals surface area contributed by atoms with E-state index in [1.54, 1.807) is 12.4 Å². The van der Waals surface area contributed by atoms with Gasteiger partial charge in [0.15, 0.2) is 6.10 Å². The highest BCUT2D eigenvalue weighted by atomic mass is 16.5. The Balaban J connectivity index is 1.95. The van der Waals surface area contributed by atoms with Gasteiger partial charge >= 0.3 is 0 Å². The van der Waals surface area contributed by atoms with Crippen molar-refractivity contribution in [3.63, 3.8) is 0 Å². The molecule has 1 heterocycles. The van der Waals surface area contributed by atoms with Crippen LogP contribution in [0.2, 0.25) is 0 Å². The van der Waals surface area contributed by atoms with Gasteiger partial charge in [-0.1, -0.05) is 19.1 Å². The van der Waals surface area contributed by atoms with Crippen LogP contribution in [0.4, 0.5) is 0 Å². The molecule has 22 heavy (non-hydrogen) atoms. The van der Waals surface area contributed by atoms with E-state index in [2.05, 4.69) is 17.2 Å². The first-order chi connectivity index (χ1) is 10.6. The Morgan fingerprint density at radius 1 is 1.27 bits per heavy atom. The van der Waals surface area contributed by atoms with Crippen LogP contribution in [-0.2, 0) is 11.3 Å². The van der Waals surface area contributed by atoms with Crippen molar-refractivity contribution in [3.05, 3.63) is 59.4 Å². The lowest BCUT2D eigenvalue weighted by molar-refractivity contribution is -0.128. The predicted molar refractivity (Wildman–Crippen MR) is 86.7 cm³/mol. The van der Waals surface area contributed by atoms with Crippen molar-refractivity contribution >= 4 is 5.91 Å². The molecule has 0 spiro atoms. The minimum atomic E-state index is -0.487. The van der Waals surface area contributed by atoms with E-state index in [1.165, 1.54) is 5.56 Å². The summed E-state index contributed by atoms with van der Waals surface area (Å²) in [6.45, 7) is 6.48. The summed E-state index contributed by atoms with van der Waals surface area (Å²) >= 11 is 0. The Kier molecular flexibility index (Phi) is 5.53. The molecule has 0 bridgehead atoms. The largest absolute Gasteiger partial charge is 0.481 e. The molecule has 0 aliphatic heterocycles. The fourth-order valence-electron chi connectivity index (χ4n) is 2.08. The maximum absolute atomic E-state index is 12.2. The van der Waals surface area contributed by atoms with Crippen molar-refractivity contribution in [1.29, 1.82) is 0 Å². The second-order valence-electron chi connectivity index (χ2n) is 5.34. The molecule has 116 valence electrons. The zero-order valence-electron chi connectivity index (χ0n) is 13.3. The number of aryl methyl sites for hydroxylation is 2. The summed E-state index contributed by atoms with van der Waals surface area (Å²) in [6, 6.07) is 9.65. The van der Waals surface area contributed by atoms with E-state index in [-0.39, 0.29) is 5.91 Å². The van der Waals surface area contributed by atoms with Crippen LogP contribution in [0.1, 0.15) is 30.0 Å². The molecule has 0 unspecified atom stereocenters. The molecule has 0 fully saturated rings. The Morgan fingerprint density at radius 3 is 2.73 bits per heavy atom. The summed E-state index contributed by atoms with van der Waals surface area (Å²) < 4.78 is 5.82. The molecule has 4 heteroatoms. The van der Waals surface area contributed by atoms with E-state index in [4.69, 9.17) is 4.74 Å². The third-order valence-electron chi connectivity index (χ3n) is 3.61. The minimum Gasteiger partial charge on any atom is -0.481 e. The highest BCUT2D eigenvalue weighted by Crippen LogP contribution is 2.18. The Bertz CT molecular complexity index is 626. The first-order valence-corrected chi connectivity index (χ1v) is 7.50. The standard InChI is InChI=1S/C18H22N2O2/c1-4-17(22-16-8-7-13(2)14(3)10-16)18(21)20-12-15-6-5-9-19-11-15/h5-11,17H,4,12H2,1-3H3,(H,20,21)/t17-/m0/s1. The van der Waals surface area contributed by atoms with Gasteiger partial charge in [-0.15, -0.1) is 0 Å². The van der Waals surface area contributed by atoms with Gasteiger partial charge in [0.1, 0.15) is 5.75 Å². The number of nitrogens with zero attached hydrogens (tertiary/aromatic N) is 1. The Hall–Kier alpha value is -2.36. The molecule has 0 radical (unpaired) electrons. The van der Waals surface area contributed by atoms with Gasteiger partial charge in [-0.05, 0) is 55.2 Å². The number of pyridine rings is 1. The van der Waals surface area contributed by atoms with Crippen LogP contribution < -0.4 is 10.1 Å². The van der Waals surface area contributed by atoms with E-state index in [1.807, 2.05) is 44.2 Å². The number of hydrogen-bond acceptors (Lipinski definition) is 3. The smallest absolute Gasteiger partial charge is 0.261 e. The molecule has 1 atom stereocenters. The minimum absolute atomic E-state index is 0.107. The monoisotopic (exact) mass is 298 g/mol. The quantitative estimate of drug-likeness (QED) is 0.891. The van der Waals surface area contributed by atoms with Crippen LogP contribution in [-0.4, -0.2) is 17.0 Å². The second-order valence-corrected chi connectivity index (χ2v) is 5.34. The van der Waals surface area contributed by atoms with Gasteiger partial charge in [-0.3, -0.25) is 9.78 Å². The maximum Gasteiger partial charge on any atom is 0.261 e. The number of benzene rings is 1. The molecular weight excluding hydrogens is 276 g/mol. The zero-order chi connectivity index (χ0) is 15.9. The van der Waals surface area contributed by atoms with Crippen LogP contribution in [0.3, 0.4) is 0 Å². The van der Waals surface area contributed by atoms with E-state index >= 15 is 0 Å². The van der Waals surface area contributed by atoms with Crippen LogP contribution in [0.15, 0.2) is 42.7 Å². The second kappa shape index (κ2) is 7.59. The van der Waals surface area contributed by atoms with Crippen molar-refractivity contribution in [1.82, 2.24) is 10.3 Å². The number of nitrogens with one attached hydrogen (secondary N) is 1. The summed E-state index contributed by atoms with van der Waals surface area (Å²) in [5.74, 6) is 0.621. The number of carbonyl (C=O) groups excluding carboxylic acids is 1. The third-order valence-corrected chi connectivity index (χ3v) is 3.61.